The van der Waals surface area contributed by atoms with Crippen LogP contribution in [0.3, 0.4) is 0 Å². The van der Waals surface area contributed by atoms with Gasteiger partial charge in [0.2, 0.25) is 5.91 Å². The van der Waals surface area contributed by atoms with E-state index >= 15 is 0 Å². The molecule has 0 spiro atoms. The first-order valence-electron chi connectivity index (χ1n) is 11.8. The van der Waals surface area contributed by atoms with Crippen LogP contribution in [-0.2, 0) is 31.2 Å². The van der Waals surface area contributed by atoms with Crippen molar-refractivity contribution in [2.75, 3.05) is 11.9 Å². The molecule has 192 valence electrons. The average Bonchev–Trinajstić information content (AvgIpc) is 3.17. The van der Waals surface area contributed by atoms with E-state index in [9.17, 15) is 23.5 Å². The van der Waals surface area contributed by atoms with E-state index in [1.165, 1.54) is 30.7 Å². The Morgan fingerprint density at radius 2 is 1.72 bits per heavy atom. The number of aryl methyl sites for hydroxylation is 2. The Morgan fingerprint density at radius 3 is 2.39 bits per heavy atom. The molecule has 9 heteroatoms. The Labute approximate surface area is 209 Å². The number of nitrogens with one attached hydrogen (secondary N) is 3. The van der Waals surface area contributed by atoms with Gasteiger partial charge in [0.1, 0.15) is 17.3 Å². The van der Waals surface area contributed by atoms with Crippen LogP contribution in [0.25, 0.3) is 0 Å². The molecule has 0 bridgehead atoms. The lowest BCUT2D eigenvalue weighted by Gasteiger charge is -2.25. The Kier molecular flexibility index (Phi) is 9.32. The van der Waals surface area contributed by atoms with Gasteiger partial charge in [0.25, 0.3) is 5.91 Å². The monoisotopic (exact) mass is 498 g/mol. The minimum Gasteiger partial charge on any atom is -0.390 e. The Hall–Kier alpha value is -3.56. The summed E-state index contributed by atoms with van der Waals surface area (Å²) in [6, 6.07) is 11.9. The number of hydrogen-bond acceptors (Lipinski definition) is 4. The maximum atomic E-state index is 13.8. The first kappa shape index (κ1) is 27.0. The van der Waals surface area contributed by atoms with Gasteiger partial charge in [-0.1, -0.05) is 31.2 Å². The third kappa shape index (κ3) is 7.73. The van der Waals surface area contributed by atoms with Crippen molar-refractivity contribution in [3.63, 3.8) is 0 Å². The standard InChI is InChI=1S/C27H32F2N4O3/c1-4-18-6-5-7-19(8-18)14-30-15-26(35)24(11-20-9-21(28)12-22(29)10-20)32-27(36)25-13-23(16-33(25)3)31-17(2)34/h5-10,12-13,16,24,26,30,35H,4,11,14-15H2,1-3H3,(H,31,34)(H,32,36)/t24-,26+/m0/s1. The fourth-order valence-corrected chi connectivity index (χ4v) is 4.04. The highest BCUT2D eigenvalue weighted by molar-refractivity contribution is 5.96. The van der Waals surface area contributed by atoms with Gasteiger partial charge in [-0.3, -0.25) is 9.59 Å². The molecule has 7 nitrogen and oxygen atoms in total. The summed E-state index contributed by atoms with van der Waals surface area (Å²) in [6.07, 6.45) is 1.47. The van der Waals surface area contributed by atoms with Gasteiger partial charge in [0.15, 0.2) is 0 Å². The van der Waals surface area contributed by atoms with E-state index in [2.05, 4.69) is 28.9 Å². The van der Waals surface area contributed by atoms with Gasteiger partial charge in [-0.2, -0.15) is 0 Å². The lowest BCUT2D eigenvalue weighted by Crippen LogP contribution is -2.49. The zero-order valence-corrected chi connectivity index (χ0v) is 20.6. The van der Waals surface area contributed by atoms with E-state index in [0.29, 0.717) is 17.8 Å². The highest BCUT2D eigenvalue weighted by atomic mass is 19.1. The molecule has 0 saturated heterocycles. The van der Waals surface area contributed by atoms with Crippen molar-refractivity contribution >= 4 is 17.5 Å². The molecule has 1 heterocycles. The molecule has 0 radical (unpaired) electrons. The summed E-state index contributed by atoms with van der Waals surface area (Å²) in [7, 11) is 1.65. The van der Waals surface area contributed by atoms with Crippen LogP contribution in [0.1, 0.15) is 41.0 Å². The number of carbonyl (C=O) groups is 2. The molecule has 2 aromatic carbocycles. The highest BCUT2D eigenvalue weighted by Gasteiger charge is 2.24. The second-order valence-electron chi connectivity index (χ2n) is 8.84. The largest absolute Gasteiger partial charge is 0.390 e. The molecule has 2 amide bonds. The maximum absolute atomic E-state index is 13.8. The summed E-state index contributed by atoms with van der Waals surface area (Å²) in [5.41, 5.74) is 3.28. The number of hydrogen-bond donors (Lipinski definition) is 4. The lowest BCUT2D eigenvalue weighted by atomic mass is 10.00. The number of carbonyl (C=O) groups excluding carboxylic acids is 2. The molecule has 3 aromatic rings. The molecule has 0 aliphatic carbocycles. The second-order valence-corrected chi connectivity index (χ2v) is 8.84. The molecule has 0 fully saturated rings. The topological polar surface area (TPSA) is 95.4 Å². The zero-order chi connectivity index (χ0) is 26.2. The third-order valence-electron chi connectivity index (χ3n) is 5.80. The van der Waals surface area contributed by atoms with Crippen molar-refractivity contribution < 1.29 is 23.5 Å². The number of aliphatic hydroxyl groups excluding tert-OH is 1. The van der Waals surface area contributed by atoms with Gasteiger partial charge in [-0.25, -0.2) is 8.78 Å². The van der Waals surface area contributed by atoms with Crippen molar-refractivity contribution in [2.24, 2.45) is 7.05 Å². The van der Waals surface area contributed by atoms with E-state index in [1.54, 1.807) is 17.8 Å². The SMILES string of the molecule is CCc1cccc(CNC[C@@H](O)[C@H](Cc2cc(F)cc(F)c2)NC(=O)c2cc(NC(C)=O)cn2C)c1. The van der Waals surface area contributed by atoms with Crippen molar-refractivity contribution in [1.82, 2.24) is 15.2 Å². The van der Waals surface area contributed by atoms with Crippen molar-refractivity contribution in [2.45, 2.75) is 45.4 Å². The predicted molar refractivity (Wildman–Crippen MR) is 135 cm³/mol. The van der Waals surface area contributed by atoms with Crippen LogP contribution in [0.5, 0.6) is 0 Å². The normalized spacial score (nSPS) is 12.7. The minimum absolute atomic E-state index is 0.0115. The van der Waals surface area contributed by atoms with Gasteiger partial charge >= 0.3 is 0 Å². The van der Waals surface area contributed by atoms with Crippen LogP contribution in [0.4, 0.5) is 14.5 Å². The fraction of sp³-hybridized carbons (Fsp3) is 0.333. The number of anilines is 1. The molecule has 36 heavy (non-hydrogen) atoms. The Morgan fingerprint density at radius 1 is 1.03 bits per heavy atom. The molecule has 1 aromatic heterocycles. The van der Waals surface area contributed by atoms with Crippen LogP contribution >= 0.6 is 0 Å². The first-order chi connectivity index (χ1) is 17.1. The van der Waals surface area contributed by atoms with Crippen LogP contribution < -0.4 is 16.0 Å². The minimum atomic E-state index is -1.05. The number of rotatable bonds is 11. The smallest absolute Gasteiger partial charge is 0.268 e. The Bertz CT molecular complexity index is 1190. The maximum Gasteiger partial charge on any atom is 0.268 e. The van der Waals surface area contributed by atoms with Gasteiger partial charge < -0.3 is 25.6 Å². The molecule has 4 N–H and O–H groups in total. The molecule has 0 saturated carbocycles. The predicted octanol–water partition coefficient (Wildman–Crippen LogP) is 3.32. The van der Waals surface area contributed by atoms with Crippen molar-refractivity contribution in [3.8, 4) is 0 Å². The van der Waals surface area contributed by atoms with Gasteiger partial charge in [-0.15, -0.1) is 0 Å². The quantitative estimate of drug-likeness (QED) is 0.326. The molecule has 0 unspecified atom stereocenters. The lowest BCUT2D eigenvalue weighted by molar-refractivity contribution is -0.114. The van der Waals surface area contributed by atoms with Gasteiger partial charge in [-0.05, 0) is 47.7 Å². The van der Waals surface area contributed by atoms with Crippen LogP contribution in [-0.4, -0.2) is 40.2 Å². The molecular weight excluding hydrogens is 466 g/mol. The number of amides is 2. The fourth-order valence-electron chi connectivity index (χ4n) is 4.04. The van der Waals surface area contributed by atoms with Crippen molar-refractivity contribution in [3.05, 3.63) is 88.7 Å². The average molecular weight is 499 g/mol. The van der Waals surface area contributed by atoms with E-state index in [0.717, 1.165) is 18.1 Å². The van der Waals surface area contributed by atoms with Crippen LogP contribution in [0, 0.1) is 11.6 Å². The Balaban J connectivity index is 1.74. The summed E-state index contributed by atoms with van der Waals surface area (Å²) >= 11 is 0. The number of benzene rings is 2. The molecule has 0 aliphatic heterocycles. The van der Waals surface area contributed by atoms with Crippen LogP contribution in [0.15, 0.2) is 54.7 Å². The van der Waals surface area contributed by atoms with E-state index in [1.807, 2.05) is 18.2 Å². The number of nitrogens with zero attached hydrogens (tertiary/aromatic N) is 1. The van der Waals surface area contributed by atoms with E-state index in [4.69, 9.17) is 0 Å². The molecule has 0 aliphatic rings. The van der Waals surface area contributed by atoms with E-state index < -0.39 is 29.7 Å². The highest BCUT2D eigenvalue weighted by Crippen LogP contribution is 2.16. The van der Waals surface area contributed by atoms with Gasteiger partial charge in [0.05, 0.1) is 17.8 Å². The molecule has 2 atom stereocenters. The van der Waals surface area contributed by atoms with E-state index in [-0.39, 0.29) is 24.6 Å². The summed E-state index contributed by atoms with van der Waals surface area (Å²) < 4.78 is 29.1. The summed E-state index contributed by atoms with van der Waals surface area (Å²) in [4.78, 5) is 24.4. The molecular formula is C27H32F2N4O3. The first-order valence-corrected chi connectivity index (χ1v) is 11.8. The van der Waals surface area contributed by atoms with Gasteiger partial charge in [0, 0.05) is 39.3 Å². The number of aromatic nitrogens is 1. The second kappa shape index (κ2) is 12.4. The third-order valence-corrected chi connectivity index (χ3v) is 5.80. The van der Waals surface area contributed by atoms with Crippen LogP contribution in [0.2, 0.25) is 0 Å². The number of aliphatic hydroxyl groups is 1. The summed E-state index contributed by atoms with van der Waals surface area (Å²) in [5.74, 6) is -2.24. The number of halogens is 2. The summed E-state index contributed by atoms with van der Waals surface area (Å²) in [6.45, 7) is 4.09. The van der Waals surface area contributed by atoms with Crippen molar-refractivity contribution in [1.29, 1.82) is 0 Å². The molecule has 3 rings (SSSR count). The zero-order valence-electron chi connectivity index (χ0n) is 20.6. The summed E-state index contributed by atoms with van der Waals surface area (Å²) in [5, 5.41) is 19.5.